The number of amides is 1. The first-order valence-corrected chi connectivity index (χ1v) is 15.3. The van der Waals surface area contributed by atoms with Gasteiger partial charge in [0.25, 0.3) is 0 Å². The maximum absolute atomic E-state index is 13.9. The van der Waals surface area contributed by atoms with Crippen molar-refractivity contribution in [3.63, 3.8) is 0 Å². The van der Waals surface area contributed by atoms with Crippen LogP contribution in [0, 0.1) is 5.92 Å². The minimum atomic E-state index is -5.16. The third-order valence-electron chi connectivity index (χ3n) is 8.00. The van der Waals surface area contributed by atoms with Crippen LogP contribution < -0.4 is 14.7 Å². The van der Waals surface area contributed by atoms with Crippen molar-refractivity contribution in [3.05, 3.63) is 76.6 Å². The summed E-state index contributed by atoms with van der Waals surface area (Å²) in [7, 11) is 0. The first-order chi connectivity index (χ1) is 23.3. The number of carbonyl (C=O) groups excluding carboxylic acids is 1. The zero-order chi connectivity index (χ0) is 37.0. The normalized spacial score (nSPS) is 14.1. The van der Waals surface area contributed by atoms with E-state index in [9.17, 15) is 54.2 Å². The topological polar surface area (TPSA) is 99.1 Å². The number of hydrogen-bond acceptors (Lipinski definition) is 7. The molecule has 0 radical (unpaired) electrons. The van der Waals surface area contributed by atoms with E-state index < -0.39 is 71.9 Å². The molecule has 1 fully saturated rings. The molecule has 0 saturated carbocycles. The fourth-order valence-corrected chi connectivity index (χ4v) is 5.51. The summed E-state index contributed by atoms with van der Waals surface area (Å²) in [6.45, 7) is 2.25. The summed E-state index contributed by atoms with van der Waals surface area (Å²) < 4.78 is 129. The zero-order valence-electron chi connectivity index (χ0n) is 26.7. The number of ether oxygens (including phenoxy) is 1. The van der Waals surface area contributed by atoms with E-state index >= 15 is 0 Å². The molecule has 2 aromatic carbocycles. The molecule has 3 aromatic rings. The van der Waals surface area contributed by atoms with Gasteiger partial charge in [0.1, 0.15) is 0 Å². The van der Waals surface area contributed by atoms with Gasteiger partial charge in [0.05, 0.1) is 53.0 Å². The monoisotopic (exact) mass is 745 g/mol. The fourth-order valence-electron chi connectivity index (χ4n) is 5.51. The van der Waals surface area contributed by atoms with Crippen molar-refractivity contribution < 1.29 is 58.9 Å². The van der Waals surface area contributed by atoms with Crippen LogP contribution in [0.4, 0.5) is 61.6 Å². The number of piperidine rings is 1. The van der Waals surface area contributed by atoms with Gasteiger partial charge >= 0.3 is 60.1 Å². The molecule has 0 spiro atoms. The van der Waals surface area contributed by atoms with E-state index in [1.54, 1.807) is 4.90 Å². The van der Waals surface area contributed by atoms with Gasteiger partial charge in [-0.1, -0.05) is 0 Å². The maximum atomic E-state index is 13.9. The van der Waals surface area contributed by atoms with Gasteiger partial charge in [-0.05, 0) is 74.2 Å². The minimum absolute atomic E-state index is 0. The van der Waals surface area contributed by atoms with Gasteiger partial charge < -0.3 is 19.6 Å². The van der Waals surface area contributed by atoms with Gasteiger partial charge in [0.2, 0.25) is 5.95 Å². The molecule has 1 aliphatic rings. The zero-order valence-corrected chi connectivity index (χ0v) is 26.7. The molecular weight excluding hydrogens is 712 g/mol. The summed E-state index contributed by atoms with van der Waals surface area (Å²) in [5, 5.41) is 9.28. The second-order valence-corrected chi connectivity index (χ2v) is 11.4. The summed E-state index contributed by atoms with van der Waals surface area (Å²) in [5.41, 5.74) is -4.61. The SMILES string of the molecule is CCOC(=O)N(CC)c1ccc(C(F)(F)F)cc1CN(Cc1cc(C(F)(F)F)cc(C(F)(F)F)c1)c1ncc(N2CCC(C(=O)O)CC2)cn1.[NaH]. The van der Waals surface area contributed by atoms with E-state index in [0.29, 0.717) is 43.8 Å². The molecule has 51 heavy (non-hydrogen) atoms. The van der Waals surface area contributed by atoms with Crippen LogP contribution in [0.5, 0.6) is 0 Å². The fraction of sp³-hybridized carbons (Fsp3) is 0.438. The molecule has 1 aliphatic heterocycles. The molecule has 274 valence electrons. The van der Waals surface area contributed by atoms with E-state index in [1.165, 1.54) is 26.2 Å². The predicted molar refractivity (Wildman–Crippen MR) is 170 cm³/mol. The molecule has 2 heterocycles. The summed E-state index contributed by atoms with van der Waals surface area (Å²) in [5.74, 6) is -1.74. The number of nitrogens with zero attached hydrogens (tertiary/aromatic N) is 5. The third kappa shape index (κ3) is 10.6. The van der Waals surface area contributed by atoms with Gasteiger partial charge in [-0.2, -0.15) is 39.5 Å². The predicted octanol–water partition coefficient (Wildman–Crippen LogP) is 7.38. The molecule has 9 nitrogen and oxygen atoms in total. The van der Waals surface area contributed by atoms with Crippen LogP contribution in [0.15, 0.2) is 48.8 Å². The standard InChI is InChI=1S/C32H32F9N5O4.Na.H/c1-3-46(29(49)50-4-2)26-6-5-22(30(33,34)35)13-21(26)18-45(17-19-11-23(31(36,37)38)14-24(12-19)32(39,40)41)28-42-15-25(16-43-28)44-9-7-20(8-10-44)27(47)48;;/h5-6,11-16,20H,3-4,7-10,17-18H2,1-2H3,(H,47,48);;. The van der Waals surface area contributed by atoms with E-state index in [1.807, 2.05) is 0 Å². The Bertz CT molecular complexity index is 1630. The molecule has 0 unspecified atom stereocenters. The quantitative estimate of drug-likeness (QED) is 0.170. The van der Waals surface area contributed by atoms with E-state index in [2.05, 4.69) is 9.97 Å². The van der Waals surface area contributed by atoms with Crippen molar-refractivity contribution >= 4 is 58.9 Å². The molecule has 0 bridgehead atoms. The summed E-state index contributed by atoms with van der Waals surface area (Å²) in [4.78, 5) is 36.5. The molecule has 0 atom stereocenters. The molecule has 1 N–H and O–H groups in total. The van der Waals surface area contributed by atoms with Gasteiger partial charge in [0.15, 0.2) is 0 Å². The van der Waals surface area contributed by atoms with Gasteiger partial charge in [-0.15, -0.1) is 0 Å². The van der Waals surface area contributed by atoms with Crippen LogP contribution >= 0.6 is 0 Å². The van der Waals surface area contributed by atoms with Crippen molar-refractivity contribution in [2.75, 3.05) is 40.9 Å². The molecule has 4 rings (SSSR count). The van der Waals surface area contributed by atoms with Crippen LogP contribution in [-0.4, -0.2) is 82.9 Å². The molecule has 1 aromatic heterocycles. The Kier molecular flexibility index (Phi) is 13.6. The second-order valence-electron chi connectivity index (χ2n) is 11.4. The van der Waals surface area contributed by atoms with Crippen LogP contribution in [0.3, 0.4) is 0 Å². The summed E-state index contributed by atoms with van der Waals surface area (Å²) in [6, 6.07) is 3.41. The van der Waals surface area contributed by atoms with Crippen molar-refractivity contribution in [3.8, 4) is 0 Å². The van der Waals surface area contributed by atoms with Gasteiger partial charge in [0, 0.05) is 32.7 Å². The number of aromatic nitrogens is 2. The Morgan fingerprint density at radius 2 is 1.39 bits per heavy atom. The van der Waals surface area contributed by atoms with Gasteiger partial charge in [-0.25, -0.2) is 14.8 Å². The number of hydrogen-bond donors (Lipinski definition) is 1. The van der Waals surface area contributed by atoms with Crippen molar-refractivity contribution in [1.82, 2.24) is 9.97 Å². The third-order valence-corrected chi connectivity index (χ3v) is 8.00. The molecule has 1 saturated heterocycles. The first-order valence-electron chi connectivity index (χ1n) is 15.3. The number of carbonyl (C=O) groups is 2. The van der Waals surface area contributed by atoms with E-state index in [4.69, 9.17) is 4.74 Å². The molecule has 0 aliphatic carbocycles. The first kappa shape index (κ1) is 41.6. The molecular formula is C32H33F9N5NaO4. The Morgan fingerprint density at radius 1 is 0.843 bits per heavy atom. The summed E-state index contributed by atoms with van der Waals surface area (Å²) in [6.07, 6.45) is -12.8. The number of rotatable bonds is 10. The van der Waals surface area contributed by atoms with Crippen molar-refractivity contribution in [1.29, 1.82) is 0 Å². The van der Waals surface area contributed by atoms with Gasteiger partial charge in [-0.3, -0.25) is 9.69 Å². The van der Waals surface area contributed by atoms with E-state index in [-0.39, 0.29) is 66.0 Å². The van der Waals surface area contributed by atoms with Crippen LogP contribution in [0.2, 0.25) is 0 Å². The van der Waals surface area contributed by atoms with Crippen LogP contribution in [-0.2, 0) is 41.1 Å². The number of anilines is 3. The van der Waals surface area contributed by atoms with Crippen molar-refractivity contribution in [2.24, 2.45) is 5.92 Å². The summed E-state index contributed by atoms with van der Waals surface area (Å²) >= 11 is 0. The Morgan fingerprint density at radius 3 is 1.86 bits per heavy atom. The number of halogens is 9. The van der Waals surface area contributed by atoms with Crippen LogP contribution in [0.25, 0.3) is 0 Å². The van der Waals surface area contributed by atoms with Crippen LogP contribution in [0.1, 0.15) is 54.5 Å². The number of benzene rings is 2. The van der Waals surface area contributed by atoms with Crippen molar-refractivity contribution in [2.45, 2.75) is 58.3 Å². The number of carboxylic acids is 1. The molecule has 1 amide bonds. The molecule has 19 heteroatoms. The number of alkyl halides is 9. The Balaban J connectivity index is 0.00000702. The number of aliphatic carboxylic acids is 1. The Labute approximate surface area is 308 Å². The average molecular weight is 746 g/mol. The van der Waals surface area contributed by atoms with E-state index in [0.717, 1.165) is 28.0 Å². The Hall–Kier alpha value is -3.77. The second kappa shape index (κ2) is 16.7. The average Bonchev–Trinajstić information content (AvgIpc) is 3.04. The number of carboxylic acid groups (broad SMARTS) is 1.